The first-order chi connectivity index (χ1) is 20.3. The molecule has 1 N–H and O–H groups in total. The molecule has 0 aliphatic rings. The third kappa shape index (κ3) is 4.52. The van der Waals surface area contributed by atoms with E-state index in [0.717, 1.165) is 16.8 Å². The lowest BCUT2D eigenvalue weighted by atomic mass is 9.81. The van der Waals surface area contributed by atoms with Crippen LogP contribution in [0.5, 0.6) is 0 Å². The van der Waals surface area contributed by atoms with Crippen LogP contribution in [0.1, 0.15) is 44.8 Å². The van der Waals surface area contributed by atoms with Gasteiger partial charge >= 0.3 is 0 Å². The molecule has 0 spiro atoms. The molecule has 1 atom stereocenters. The Kier molecular flexibility index (Phi) is 6.84. The second-order valence-electron chi connectivity index (χ2n) is 10.2. The van der Waals surface area contributed by atoms with Crippen LogP contribution in [0.15, 0.2) is 91.6 Å². The molecule has 8 heteroatoms. The average Bonchev–Trinajstić information content (AvgIpc) is 3.70. The highest BCUT2D eigenvalue weighted by Gasteiger charge is 2.37. The zero-order valence-corrected chi connectivity index (χ0v) is 23.7. The first-order valence-electron chi connectivity index (χ1n) is 13.2. The third-order valence-electron chi connectivity index (χ3n) is 7.58. The number of halogens is 1. The zero-order valence-electron chi connectivity index (χ0n) is 23.0. The second kappa shape index (κ2) is 10.6. The van der Waals surface area contributed by atoms with E-state index in [-0.39, 0.29) is 0 Å². The quantitative estimate of drug-likeness (QED) is 0.255. The molecule has 1 unspecified atom stereocenters. The predicted octanol–water partition coefficient (Wildman–Crippen LogP) is 5.84. The van der Waals surface area contributed by atoms with Gasteiger partial charge in [0.1, 0.15) is 11.8 Å². The fraction of sp³-hybridized carbons (Fsp3) is 0.118. The normalized spacial score (nSPS) is 12.5. The second-order valence-corrected chi connectivity index (χ2v) is 10.6. The SMILES string of the molecule is C#Cc1nc2c(C)cc(C(O)(c3ccc(Cl)cc3)c3cncn3C)cc2c(C#N)c1Cc1ccc(-n2cccn2)cc1. The monoisotopic (exact) mass is 568 g/mol. The van der Waals surface area contributed by atoms with Crippen molar-refractivity contribution >= 4 is 22.5 Å². The van der Waals surface area contributed by atoms with Crippen molar-refractivity contribution in [1.82, 2.24) is 24.3 Å². The molecular formula is C34H25ClN6O. The van der Waals surface area contributed by atoms with Gasteiger partial charge in [-0.25, -0.2) is 14.6 Å². The maximum absolute atomic E-state index is 12.5. The van der Waals surface area contributed by atoms with Crippen molar-refractivity contribution in [2.75, 3.05) is 0 Å². The molecule has 3 aromatic carbocycles. The summed E-state index contributed by atoms with van der Waals surface area (Å²) in [7, 11) is 1.83. The van der Waals surface area contributed by atoms with Crippen LogP contribution in [0, 0.1) is 30.6 Å². The van der Waals surface area contributed by atoms with Crippen LogP contribution in [-0.4, -0.2) is 29.4 Å². The van der Waals surface area contributed by atoms with E-state index < -0.39 is 5.60 Å². The standard InChI is InChI=1S/C34H25ClN6O/c1-4-31-28(17-23-6-12-27(13-7-23)41-15-5-14-38-41)30(19-36)29-18-25(16-22(2)33(29)39-31)34(42,32-20-37-21-40(32)3)24-8-10-26(35)11-9-24/h1,5-16,18,20-21,42H,17H2,2-3H3. The van der Waals surface area contributed by atoms with Gasteiger partial charge in [-0.05, 0) is 71.5 Å². The fourth-order valence-corrected chi connectivity index (χ4v) is 5.58. The number of hydrogen-bond donors (Lipinski definition) is 1. The Morgan fingerprint density at radius 2 is 1.83 bits per heavy atom. The van der Waals surface area contributed by atoms with Crippen LogP contribution in [0.4, 0.5) is 0 Å². The summed E-state index contributed by atoms with van der Waals surface area (Å²) in [6.07, 6.45) is 13.2. The van der Waals surface area contributed by atoms with E-state index in [1.807, 2.05) is 62.6 Å². The molecule has 0 fully saturated rings. The van der Waals surface area contributed by atoms with Crippen molar-refractivity contribution in [1.29, 1.82) is 5.26 Å². The van der Waals surface area contributed by atoms with Gasteiger partial charge in [-0.2, -0.15) is 10.4 Å². The number of aliphatic hydroxyl groups is 1. The van der Waals surface area contributed by atoms with Crippen molar-refractivity contribution in [3.63, 3.8) is 0 Å². The van der Waals surface area contributed by atoms with Crippen molar-refractivity contribution < 1.29 is 5.11 Å². The van der Waals surface area contributed by atoms with Crippen LogP contribution in [0.25, 0.3) is 16.6 Å². The van der Waals surface area contributed by atoms with Crippen molar-refractivity contribution in [3.05, 3.63) is 141 Å². The lowest BCUT2D eigenvalue weighted by Crippen LogP contribution is -2.31. The molecule has 0 radical (unpaired) electrons. The summed E-state index contributed by atoms with van der Waals surface area (Å²) in [5, 5.41) is 28.4. The highest BCUT2D eigenvalue weighted by molar-refractivity contribution is 6.30. The smallest absolute Gasteiger partial charge is 0.156 e. The largest absolute Gasteiger partial charge is 0.374 e. The van der Waals surface area contributed by atoms with Crippen molar-refractivity contribution in [3.8, 4) is 24.1 Å². The molecule has 6 rings (SSSR count). The molecule has 0 saturated carbocycles. The van der Waals surface area contributed by atoms with Crippen LogP contribution in [0.3, 0.4) is 0 Å². The zero-order chi connectivity index (χ0) is 29.4. The Morgan fingerprint density at radius 1 is 1.07 bits per heavy atom. The van der Waals surface area contributed by atoms with Gasteiger partial charge in [0.05, 0.1) is 35.0 Å². The number of terminal acetylenes is 1. The third-order valence-corrected chi connectivity index (χ3v) is 7.83. The molecule has 42 heavy (non-hydrogen) atoms. The van der Waals surface area contributed by atoms with E-state index in [0.29, 0.717) is 56.0 Å². The molecule has 0 saturated heterocycles. The van der Waals surface area contributed by atoms with Gasteiger partial charge in [0, 0.05) is 41.8 Å². The number of nitriles is 1. The first-order valence-corrected chi connectivity index (χ1v) is 13.6. The minimum atomic E-state index is -1.59. The summed E-state index contributed by atoms with van der Waals surface area (Å²) < 4.78 is 3.56. The Balaban J connectivity index is 1.54. The fourth-order valence-electron chi connectivity index (χ4n) is 5.46. The minimum absolute atomic E-state index is 0.414. The summed E-state index contributed by atoms with van der Waals surface area (Å²) in [6, 6.07) is 23.0. The number of aryl methyl sites for hydroxylation is 2. The molecule has 7 nitrogen and oxygen atoms in total. The topological polar surface area (TPSA) is 92.5 Å². The molecule has 3 heterocycles. The molecule has 0 amide bonds. The highest BCUT2D eigenvalue weighted by atomic mass is 35.5. The Hall–Kier alpha value is -5.21. The van der Waals surface area contributed by atoms with Crippen molar-refractivity contribution in [2.24, 2.45) is 7.05 Å². The number of imidazole rings is 1. The van der Waals surface area contributed by atoms with Gasteiger partial charge in [0.25, 0.3) is 0 Å². The van der Waals surface area contributed by atoms with Gasteiger partial charge in [0.15, 0.2) is 5.60 Å². The first kappa shape index (κ1) is 27.0. The Labute approximate surface area is 248 Å². The maximum Gasteiger partial charge on any atom is 0.156 e. The number of aromatic nitrogens is 5. The number of rotatable bonds is 6. The Morgan fingerprint density at radius 3 is 2.45 bits per heavy atom. The van der Waals surface area contributed by atoms with E-state index in [4.69, 9.17) is 23.0 Å². The van der Waals surface area contributed by atoms with Crippen LogP contribution < -0.4 is 0 Å². The van der Waals surface area contributed by atoms with Crippen molar-refractivity contribution in [2.45, 2.75) is 18.9 Å². The molecular weight excluding hydrogens is 544 g/mol. The number of nitrogens with zero attached hydrogens (tertiary/aromatic N) is 6. The number of benzene rings is 3. The summed E-state index contributed by atoms with van der Waals surface area (Å²) in [6.45, 7) is 1.90. The molecule has 0 aliphatic heterocycles. The van der Waals surface area contributed by atoms with Crippen LogP contribution >= 0.6 is 11.6 Å². The average molecular weight is 569 g/mol. The number of hydrogen-bond acceptors (Lipinski definition) is 5. The summed E-state index contributed by atoms with van der Waals surface area (Å²) >= 11 is 6.19. The molecule has 3 aromatic heterocycles. The highest BCUT2D eigenvalue weighted by Crippen LogP contribution is 2.40. The van der Waals surface area contributed by atoms with E-state index in [1.54, 1.807) is 52.2 Å². The van der Waals surface area contributed by atoms with Gasteiger partial charge < -0.3 is 9.67 Å². The van der Waals surface area contributed by atoms with Crippen LogP contribution in [-0.2, 0) is 19.1 Å². The maximum atomic E-state index is 12.5. The molecule has 204 valence electrons. The predicted molar refractivity (Wildman–Crippen MR) is 162 cm³/mol. The summed E-state index contributed by atoms with van der Waals surface area (Å²) in [4.78, 5) is 9.09. The van der Waals surface area contributed by atoms with Gasteiger partial charge in [0.2, 0.25) is 0 Å². The van der Waals surface area contributed by atoms with E-state index >= 15 is 0 Å². The Bertz CT molecular complexity index is 2010. The molecule has 0 aliphatic carbocycles. The van der Waals surface area contributed by atoms with E-state index in [2.05, 4.69) is 22.1 Å². The lowest BCUT2D eigenvalue weighted by Gasteiger charge is -2.30. The number of pyridine rings is 1. The summed E-state index contributed by atoms with van der Waals surface area (Å²) in [5.41, 5.74) is 4.95. The van der Waals surface area contributed by atoms with Gasteiger partial charge in [-0.15, -0.1) is 6.42 Å². The van der Waals surface area contributed by atoms with Crippen LogP contribution in [0.2, 0.25) is 5.02 Å². The lowest BCUT2D eigenvalue weighted by molar-refractivity contribution is 0.117. The number of fused-ring (bicyclic) bond motifs is 1. The molecule has 0 bridgehead atoms. The molecule has 6 aromatic rings. The van der Waals surface area contributed by atoms with E-state index in [1.165, 1.54) is 0 Å². The van der Waals surface area contributed by atoms with Gasteiger partial charge in [-0.1, -0.05) is 41.9 Å². The minimum Gasteiger partial charge on any atom is -0.374 e. The summed E-state index contributed by atoms with van der Waals surface area (Å²) in [5.74, 6) is 2.70. The van der Waals surface area contributed by atoms with Gasteiger partial charge in [-0.3, -0.25) is 0 Å². The van der Waals surface area contributed by atoms with E-state index in [9.17, 15) is 10.4 Å².